The first-order chi connectivity index (χ1) is 7.34. The van der Waals surface area contributed by atoms with Crippen molar-refractivity contribution in [3.05, 3.63) is 24.2 Å². The highest BCUT2D eigenvalue weighted by Gasteiger charge is 2.18. The summed E-state index contributed by atoms with van der Waals surface area (Å²) in [5.74, 6) is 0.902. The number of amides is 2. The standard InChI is InChI=1S/C11H16N2O2/c14-11(13-9-3-1-4-9)12-7-6-10-5-2-8-15-10/h2,5,8-9H,1,3-4,6-7H2,(H2,12,13,14). The van der Waals surface area contributed by atoms with Gasteiger partial charge in [-0.05, 0) is 31.4 Å². The molecule has 0 aliphatic heterocycles. The molecule has 0 bridgehead atoms. The Kier molecular flexibility index (Phi) is 3.27. The quantitative estimate of drug-likeness (QED) is 0.790. The van der Waals surface area contributed by atoms with Crippen LogP contribution in [-0.2, 0) is 6.42 Å². The van der Waals surface area contributed by atoms with E-state index in [1.165, 1.54) is 6.42 Å². The molecular formula is C11H16N2O2. The van der Waals surface area contributed by atoms with Crippen molar-refractivity contribution < 1.29 is 9.21 Å². The number of carbonyl (C=O) groups excluding carboxylic acids is 1. The van der Waals surface area contributed by atoms with Crippen molar-refractivity contribution in [3.63, 3.8) is 0 Å². The van der Waals surface area contributed by atoms with Gasteiger partial charge < -0.3 is 15.1 Å². The van der Waals surface area contributed by atoms with Crippen molar-refractivity contribution in [2.45, 2.75) is 31.7 Å². The van der Waals surface area contributed by atoms with E-state index in [1.54, 1.807) is 6.26 Å². The van der Waals surface area contributed by atoms with Gasteiger partial charge in [0.15, 0.2) is 0 Å². The summed E-state index contributed by atoms with van der Waals surface area (Å²) < 4.78 is 5.16. The zero-order chi connectivity index (χ0) is 10.5. The van der Waals surface area contributed by atoms with Crippen LogP contribution in [0.25, 0.3) is 0 Å². The molecule has 0 spiro atoms. The number of hydrogen-bond donors (Lipinski definition) is 2. The third kappa shape index (κ3) is 3.01. The van der Waals surface area contributed by atoms with Gasteiger partial charge in [-0.25, -0.2) is 4.79 Å². The van der Waals surface area contributed by atoms with Crippen molar-refractivity contribution in [2.75, 3.05) is 6.54 Å². The minimum Gasteiger partial charge on any atom is -0.469 e. The first-order valence-electron chi connectivity index (χ1n) is 5.41. The van der Waals surface area contributed by atoms with Gasteiger partial charge in [-0.15, -0.1) is 0 Å². The molecular weight excluding hydrogens is 192 g/mol. The molecule has 2 rings (SSSR count). The highest BCUT2D eigenvalue weighted by atomic mass is 16.3. The summed E-state index contributed by atoms with van der Waals surface area (Å²) in [6.45, 7) is 0.617. The molecule has 4 heteroatoms. The van der Waals surface area contributed by atoms with Crippen molar-refractivity contribution in [3.8, 4) is 0 Å². The first-order valence-corrected chi connectivity index (χ1v) is 5.41. The summed E-state index contributed by atoms with van der Waals surface area (Å²) in [5, 5.41) is 5.73. The number of urea groups is 1. The van der Waals surface area contributed by atoms with E-state index in [9.17, 15) is 4.79 Å². The maximum absolute atomic E-state index is 11.3. The zero-order valence-corrected chi connectivity index (χ0v) is 8.66. The molecule has 1 aromatic heterocycles. The predicted molar refractivity (Wildman–Crippen MR) is 56.6 cm³/mol. The molecule has 1 aliphatic rings. The summed E-state index contributed by atoms with van der Waals surface area (Å²) in [5.41, 5.74) is 0. The number of nitrogens with one attached hydrogen (secondary N) is 2. The van der Waals surface area contributed by atoms with Crippen LogP contribution in [0.4, 0.5) is 4.79 Å². The van der Waals surface area contributed by atoms with Crippen LogP contribution in [0.2, 0.25) is 0 Å². The molecule has 0 saturated heterocycles. The fourth-order valence-corrected chi connectivity index (χ4v) is 1.54. The largest absolute Gasteiger partial charge is 0.469 e. The molecule has 1 saturated carbocycles. The van der Waals surface area contributed by atoms with Crippen molar-refractivity contribution in [2.24, 2.45) is 0 Å². The maximum Gasteiger partial charge on any atom is 0.315 e. The summed E-state index contributed by atoms with van der Waals surface area (Å²) in [6, 6.07) is 4.09. The maximum atomic E-state index is 11.3. The van der Waals surface area contributed by atoms with Crippen LogP contribution < -0.4 is 10.6 Å². The Morgan fingerprint density at radius 1 is 1.53 bits per heavy atom. The third-order valence-electron chi connectivity index (χ3n) is 2.68. The van der Waals surface area contributed by atoms with Gasteiger partial charge in [0.1, 0.15) is 5.76 Å². The topological polar surface area (TPSA) is 54.3 Å². The van der Waals surface area contributed by atoms with Crippen molar-refractivity contribution in [1.82, 2.24) is 10.6 Å². The molecule has 0 radical (unpaired) electrons. The second-order valence-electron chi connectivity index (χ2n) is 3.86. The van der Waals surface area contributed by atoms with E-state index in [2.05, 4.69) is 10.6 Å². The normalized spacial score (nSPS) is 15.7. The van der Waals surface area contributed by atoms with Gasteiger partial charge in [0.2, 0.25) is 0 Å². The van der Waals surface area contributed by atoms with E-state index in [0.717, 1.165) is 25.0 Å². The van der Waals surface area contributed by atoms with E-state index < -0.39 is 0 Å². The average molecular weight is 208 g/mol. The van der Waals surface area contributed by atoms with Gasteiger partial charge >= 0.3 is 6.03 Å². The number of furan rings is 1. The Morgan fingerprint density at radius 3 is 3.00 bits per heavy atom. The van der Waals surface area contributed by atoms with E-state index in [1.807, 2.05) is 12.1 Å². The van der Waals surface area contributed by atoms with E-state index in [0.29, 0.717) is 12.6 Å². The van der Waals surface area contributed by atoms with E-state index in [4.69, 9.17) is 4.42 Å². The monoisotopic (exact) mass is 208 g/mol. The molecule has 0 atom stereocenters. The van der Waals surface area contributed by atoms with Crippen LogP contribution in [0.5, 0.6) is 0 Å². The Bertz CT molecular complexity index is 304. The summed E-state index contributed by atoms with van der Waals surface area (Å²) in [7, 11) is 0. The summed E-state index contributed by atoms with van der Waals surface area (Å²) in [4.78, 5) is 11.3. The second-order valence-corrected chi connectivity index (χ2v) is 3.86. The minimum atomic E-state index is -0.0637. The zero-order valence-electron chi connectivity index (χ0n) is 8.66. The molecule has 0 aromatic carbocycles. The Labute approximate surface area is 89.0 Å². The van der Waals surface area contributed by atoms with Crippen LogP contribution in [0.15, 0.2) is 22.8 Å². The molecule has 82 valence electrons. The molecule has 1 heterocycles. The van der Waals surface area contributed by atoms with Gasteiger partial charge in [0, 0.05) is 19.0 Å². The van der Waals surface area contributed by atoms with Crippen LogP contribution in [0, 0.1) is 0 Å². The molecule has 1 aromatic rings. The lowest BCUT2D eigenvalue weighted by atomic mass is 9.93. The smallest absolute Gasteiger partial charge is 0.315 e. The molecule has 4 nitrogen and oxygen atoms in total. The number of carbonyl (C=O) groups is 1. The Morgan fingerprint density at radius 2 is 2.40 bits per heavy atom. The lowest BCUT2D eigenvalue weighted by Gasteiger charge is -2.26. The molecule has 15 heavy (non-hydrogen) atoms. The summed E-state index contributed by atoms with van der Waals surface area (Å²) >= 11 is 0. The SMILES string of the molecule is O=C(NCCc1ccco1)NC1CCC1. The first kappa shape index (κ1) is 10.1. The molecule has 0 unspecified atom stereocenters. The van der Waals surface area contributed by atoms with Crippen LogP contribution in [-0.4, -0.2) is 18.6 Å². The fourth-order valence-electron chi connectivity index (χ4n) is 1.54. The lowest BCUT2D eigenvalue weighted by Crippen LogP contribution is -2.45. The van der Waals surface area contributed by atoms with Crippen molar-refractivity contribution >= 4 is 6.03 Å². The van der Waals surface area contributed by atoms with E-state index >= 15 is 0 Å². The number of rotatable bonds is 4. The third-order valence-corrected chi connectivity index (χ3v) is 2.68. The summed E-state index contributed by atoms with van der Waals surface area (Å²) in [6.07, 6.45) is 5.85. The van der Waals surface area contributed by atoms with Gasteiger partial charge in [0.25, 0.3) is 0 Å². The molecule has 1 fully saturated rings. The highest BCUT2D eigenvalue weighted by Crippen LogP contribution is 2.17. The van der Waals surface area contributed by atoms with Crippen LogP contribution in [0.1, 0.15) is 25.0 Å². The Balaban J connectivity index is 1.58. The van der Waals surface area contributed by atoms with Gasteiger partial charge in [-0.3, -0.25) is 0 Å². The van der Waals surface area contributed by atoms with Crippen LogP contribution >= 0.6 is 0 Å². The molecule has 2 N–H and O–H groups in total. The predicted octanol–water partition coefficient (Wildman–Crippen LogP) is 1.67. The Hall–Kier alpha value is -1.45. The minimum absolute atomic E-state index is 0.0637. The highest BCUT2D eigenvalue weighted by molar-refractivity contribution is 5.74. The van der Waals surface area contributed by atoms with E-state index in [-0.39, 0.29) is 6.03 Å². The van der Waals surface area contributed by atoms with Gasteiger partial charge in [0.05, 0.1) is 6.26 Å². The number of hydrogen-bond acceptors (Lipinski definition) is 2. The van der Waals surface area contributed by atoms with Gasteiger partial charge in [-0.2, -0.15) is 0 Å². The molecule has 2 amide bonds. The van der Waals surface area contributed by atoms with Gasteiger partial charge in [-0.1, -0.05) is 0 Å². The average Bonchev–Trinajstić information content (AvgIpc) is 2.64. The van der Waals surface area contributed by atoms with Crippen LogP contribution in [0.3, 0.4) is 0 Å². The molecule has 1 aliphatic carbocycles. The second kappa shape index (κ2) is 4.87. The van der Waals surface area contributed by atoms with Crippen molar-refractivity contribution in [1.29, 1.82) is 0 Å². The fraction of sp³-hybridized carbons (Fsp3) is 0.545. The lowest BCUT2D eigenvalue weighted by molar-refractivity contribution is 0.228.